The molecule has 0 bridgehead atoms. The number of ether oxygens (including phenoxy) is 1. The molecule has 23 heavy (non-hydrogen) atoms. The first-order valence-electron chi connectivity index (χ1n) is 7.79. The van der Waals surface area contributed by atoms with Crippen molar-refractivity contribution in [3.63, 3.8) is 0 Å². The Bertz CT molecular complexity index is 582. The lowest BCUT2D eigenvalue weighted by Gasteiger charge is -2.27. The van der Waals surface area contributed by atoms with E-state index in [-0.39, 0.29) is 24.2 Å². The number of halogens is 2. The molecule has 128 valence electrons. The van der Waals surface area contributed by atoms with Gasteiger partial charge in [0.1, 0.15) is 12.4 Å². The van der Waals surface area contributed by atoms with Crippen molar-refractivity contribution in [2.24, 2.45) is 17.8 Å². The van der Waals surface area contributed by atoms with E-state index in [0.717, 1.165) is 24.4 Å². The van der Waals surface area contributed by atoms with E-state index in [1.807, 2.05) is 39.0 Å². The number of nitrogens with one attached hydrogen (secondary N) is 2. The van der Waals surface area contributed by atoms with Gasteiger partial charge in [0, 0.05) is 10.9 Å². The summed E-state index contributed by atoms with van der Waals surface area (Å²) in [5.41, 5.74) is 0.602. The maximum atomic E-state index is 12.3. The van der Waals surface area contributed by atoms with E-state index in [9.17, 15) is 4.79 Å². The van der Waals surface area contributed by atoms with Crippen molar-refractivity contribution in [3.05, 3.63) is 28.8 Å². The molecule has 3 atom stereocenters. The highest BCUT2D eigenvalue weighted by Crippen LogP contribution is 2.48. The van der Waals surface area contributed by atoms with Gasteiger partial charge in [0.15, 0.2) is 0 Å². The van der Waals surface area contributed by atoms with Gasteiger partial charge >= 0.3 is 0 Å². The Kier molecular flexibility index (Phi) is 5.49. The third-order valence-electron chi connectivity index (χ3n) is 4.58. The molecule has 1 unspecified atom stereocenters. The van der Waals surface area contributed by atoms with Crippen LogP contribution in [0.3, 0.4) is 0 Å². The lowest BCUT2D eigenvalue weighted by Crippen LogP contribution is -2.49. The zero-order valence-electron chi connectivity index (χ0n) is 13.7. The Labute approximate surface area is 148 Å². The van der Waals surface area contributed by atoms with Crippen LogP contribution in [-0.4, -0.2) is 31.1 Å². The number of benzene rings is 1. The quantitative estimate of drug-likeness (QED) is 0.850. The SMILES string of the molecule is Cc1cc(Cl)ccc1OCC(C)(C)NC(=O)C1[C@H]2CNC[C@@H]12.Cl. The van der Waals surface area contributed by atoms with Gasteiger partial charge in [-0.2, -0.15) is 0 Å². The zero-order valence-corrected chi connectivity index (χ0v) is 15.3. The number of aryl methyl sites for hydroxylation is 1. The van der Waals surface area contributed by atoms with Gasteiger partial charge in [-0.3, -0.25) is 4.79 Å². The molecule has 1 amide bonds. The fourth-order valence-electron chi connectivity index (χ4n) is 3.29. The molecule has 1 aromatic rings. The minimum absolute atomic E-state index is 0. The van der Waals surface area contributed by atoms with Crippen LogP contribution in [0.5, 0.6) is 5.75 Å². The molecule has 0 aromatic heterocycles. The van der Waals surface area contributed by atoms with Gasteiger partial charge in [-0.25, -0.2) is 0 Å². The molecule has 0 spiro atoms. The first-order valence-corrected chi connectivity index (χ1v) is 8.17. The van der Waals surface area contributed by atoms with Gasteiger partial charge in [0.05, 0.1) is 5.54 Å². The predicted octanol–water partition coefficient (Wildman–Crippen LogP) is 2.81. The van der Waals surface area contributed by atoms with Gasteiger partial charge in [0.2, 0.25) is 5.91 Å². The molecular weight excluding hydrogens is 335 g/mol. The van der Waals surface area contributed by atoms with Crippen molar-refractivity contribution >= 4 is 29.9 Å². The average Bonchev–Trinajstić information content (AvgIpc) is 2.91. The summed E-state index contributed by atoms with van der Waals surface area (Å²) in [5, 5.41) is 7.14. The highest BCUT2D eigenvalue weighted by atomic mass is 35.5. The maximum absolute atomic E-state index is 12.3. The summed E-state index contributed by atoms with van der Waals surface area (Å²) in [5.74, 6) is 2.24. The lowest BCUT2D eigenvalue weighted by molar-refractivity contribution is -0.125. The van der Waals surface area contributed by atoms with Crippen LogP contribution in [0.4, 0.5) is 0 Å². The molecule has 1 aliphatic carbocycles. The van der Waals surface area contributed by atoms with E-state index < -0.39 is 5.54 Å². The summed E-state index contributed by atoms with van der Waals surface area (Å²) in [4.78, 5) is 12.3. The molecule has 6 heteroatoms. The Morgan fingerprint density at radius 3 is 2.65 bits per heavy atom. The second-order valence-corrected chi connectivity index (χ2v) is 7.52. The van der Waals surface area contributed by atoms with Crippen molar-refractivity contribution in [2.45, 2.75) is 26.3 Å². The molecule has 2 fully saturated rings. The third kappa shape index (κ3) is 4.11. The third-order valence-corrected chi connectivity index (χ3v) is 4.82. The van der Waals surface area contributed by atoms with Gasteiger partial charge in [0.25, 0.3) is 0 Å². The second-order valence-electron chi connectivity index (χ2n) is 7.08. The number of carbonyl (C=O) groups is 1. The molecule has 4 nitrogen and oxygen atoms in total. The summed E-state index contributed by atoms with van der Waals surface area (Å²) in [6.07, 6.45) is 0. The second kappa shape index (κ2) is 6.88. The molecule has 2 aliphatic rings. The van der Waals surface area contributed by atoms with Crippen LogP contribution in [0.1, 0.15) is 19.4 Å². The van der Waals surface area contributed by atoms with E-state index in [1.165, 1.54) is 0 Å². The monoisotopic (exact) mass is 358 g/mol. The number of amides is 1. The summed E-state index contributed by atoms with van der Waals surface area (Å²) in [6.45, 7) is 8.33. The summed E-state index contributed by atoms with van der Waals surface area (Å²) < 4.78 is 5.87. The predicted molar refractivity (Wildman–Crippen MR) is 94.5 cm³/mol. The highest BCUT2D eigenvalue weighted by Gasteiger charge is 2.57. The van der Waals surface area contributed by atoms with Crippen LogP contribution in [0.15, 0.2) is 18.2 Å². The van der Waals surface area contributed by atoms with Crippen LogP contribution in [-0.2, 0) is 4.79 Å². The lowest BCUT2D eigenvalue weighted by atomic mass is 10.1. The van der Waals surface area contributed by atoms with Crippen molar-refractivity contribution in [1.29, 1.82) is 0 Å². The van der Waals surface area contributed by atoms with Crippen molar-refractivity contribution in [2.75, 3.05) is 19.7 Å². The van der Waals surface area contributed by atoms with E-state index in [4.69, 9.17) is 16.3 Å². The van der Waals surface area contributed by atoms with Gasteiger partial charge < -0.3 is 15.4 Å². The molecule has 1 saturated carbocycles. The smallest absolute Gasteiger partial charge is 0.224 e. The van der Waals surface area contributed by atoms with Crippen LogP contribution in [0.25, 0.3) is 0 Å². The standard InChI is InChI=1S/C17H23ClN2O2.ClH/c1-10-6-11(18)4-5-14(10)22-9-17(2,3)20-16(21)15-12-7-19-8-13(12)15;/h4-6,12-13,15,19H,7-9H2,1-3H3,(H,20,21);1H/t12-,13+,15?;. The van der Waals surface area contributed by atoms with Crippen molar-refractivity contribution in [1.82, 2.24) is 10.6 Å². The average molecular weight is 359 g/mol. The molecule has 1 saturated heterocycles. The van der Waals surface area contributed by atoms with Gasteiger partial charge in [-0.1, -0.05) is 11.6 Å². The van der Waals surface area contributed by atoms with Crippen LogP contribution >= 0.6 is 24.0 Å². The molecular formula is C17H24Cl2N2O2. The fourth-order valence-corrected chi connectivity index (χ4v) is 3.52. The first-order chi connectivity index (χ1) is 10.4. The van der Waals surface area contributed by atoms with Crippen LogP contribution in [0.2, 0.25) is 5.02 Å². The number of hydrogen-bond donors (Lipinski definition) is 2. The summed E-state index contributed by atoms with van der Waals surface area (Å²) in [7, 11) is 0. The van der Waals surface area contributed by atoms with Crippen LogP contribution in [0, 0.1) is 24.7 Å². The number of piperidine rings is 1. The van der Waals surface area contributed by atoms with Crippen molar-refractivity contribution in [3.8, 4) is 5.75 Å². The molecule has 3 rings (SSSR count). The van der Waals surface area contributed by atoms with E-state index in [2.05, 4.69) is 10.6 Å². The van der Waals surface area contributed by atoms with Crippen molar-refractivity contribution < 1.29 is 9.53 Å². The molecule has 1 aromatic carbocycles. The molecule has 1 aliphatic heterocycles. The summed E-state index contributed by atoms with van der Waals surface area (Å²) in [6, 6.07) is 5.56. The van der Waals surface area contributed by atoms with E-state index in [1.54, 1.807) is 0 Å². The molecule has 1 heterocycles. The Morgan fingerprint density at radius 2 is 2.04 bits per heavy atom. The number of hydrogen-bond acceptors (Lipinski definition) is 3. The van der Waals surface area contributed by atoms with E-state index in [0.29, 0.717) is 23.5 Å². The fraction of sp³-hybridized carbons (Fsp3) is 0.588. The first kappa shape index (κ1) is 18.4. The number of fused-ring (bicyclic) bond motifs is 1. The topological polar surface area (TPSA) is 50.4 Å². The number of rotatable bonds is 5. The highest BCUT2D eigenvalue weighted by molar-refractivity contribution is 6.30. The Hall–Kier alpha value is -0.970. The normalized spacial score (nSPS) is 25.3. The minimum Gasteiger partial charge on any atom is -0.491 e. The molecule has 2 N–H and O–H groups in total. The van der Waals surface area contributed by atoms with Crippen LogP contribution < -0.4 is 15.4 Å². The number of carbonyl (C=O) groups excluding carboxylic acids is 1. The summed E-state index contributed by atoms with van der Waals surface area (Å²) >= 11 is 5.95. The minimum atomic E-state index is -0.395. The molecule has 0 radical (unpaired) electrons. The maximum Gasteiger partial charge on any atom is 0.224 e. The largest absolute Gasteiger partial charge is 0.491 e. The van der Waals surface area contributed by atoms with E-state index >= 15 is 0 Å². The van der Waals surface area contributed by atoms with Gasteiger partial charge in [-0.15, -0.1) is 12.4 Å². The van der Waals surface area contributed by atoms with Gasteiger partial charge in [-0.05, 0) is 69.5 Å². The Morgan fingerprint density at radius 1 is 1.39 bits per heavy atom. The zero-order chi connectivity index (χ0) is 15.9. The Balaban J connectivity index is 0.00000192.